The minimum atomic E-state index is 0.0714. The van der Waals surface area contributed by atoms with E-state index in [0.29, 0.717) is 0 Å². The molecule has 0 spiro atoms. The van der Waals surface area contributed by atoms with Crippen LogP contribution in [0.3, 0.4) is 0 Å². The number of benzene rings is 3. The molecular weight excluding hydrogens is 292 g/mol. The van der Waals surface area contributed by atoms with Crippen LogP contribution in [0, 0.1) is 0 Å². The molecule has 0 aromatic heterocycles. The SMILES string of the molecule is C=CC(Cc1ccccc1C(=O)c1ccccc1)c1ccccc1. The summed E-state index contributed by atoms with van der Waals surface area (Å²) < 4.78 is 0. The summed E-state index contributed by atoms with van der Waals surface area (Å²) in [4.78, 5) is 12.8. The molecule has 0 fully saturated rings. The summed E-state index contributed by atoms with van der Waals surface area (Å²) in [5.41, 5.74) is 3.76. The number of hydrogen-bond donors (Lipinski definition) is 0. The lowest BCUT2D eigenvalue weighted by molar-refractivity contribution is 0.103. The molecule has 0 heterocycles. The predicted molar refractivity (Wildman–Crippen MR) is 99.4 cm³/mol. The Kier molecular flexibility index (Phi) is 5.02. The lowest BCUT2D eigenvalue weighted by atomic mass is 9.88. The monoisotopic (exact) mass is 312 g/mol. The Morgan fingerprint density at radius 3 is 2.08 bits per heavy atom. The van der Waals surface area contributed by atoms with E-state index in [2.05, 4.69) is 18.7 Å². The van der Waals surface area contributed by atoms with Crippen LogP contribution in [0.4, 0.5) is 0 Å². The molecule has 0 saturated heterocycles. The van der Waals surface area contributed by atoms with Gasteiger partial charge in [-0.2, -0.15) is 0 Å². The Labute approximate surface area is 143 Å². The van der Waals surface area contributed by atoms with Crippen LogP contribution in [-0.2, 0) is 6.42 Å². The zero-order chi connectivity index (χ0) is 16.8. The Bertz CT molecular complexity index is 819. The van der Waals surface area contributed by atoms with E-state index in [0.717, 1.165) is 23.1 Å². The van der Waals surface area contributed by atoms with Gasteiger partial charge < -0.3 is 0 Å². The number of carbonyl (C=O) groups excluding carboxylic acids is 1. The molecule has 3 rings (SSSR count). The molecule has 0 N–H and O–H groups in total. The normalized spacial score (nSPS) is 11.7. The van der Waals surface area contributed by atoms with Crippen molar-refractivity contribution in [3.8, 4) is 0 Å². The van der Waals surface area contributed by atoms with Crippen LogP contribution in [0.5, 0.6) is 0 Å². The van der Waals surface area contributed by atoms with Gasteiger partial charge in [-0.05, 0) is 17.5 Å². The standard InChI is InChI=1S/C23H20O/c1-2-18(19-11-5-3-6-12-19)17-21-15-9-10-16-22(21)23(24)20-13-7-4-8-14-20/h2-16,18H,1,17H2. The summed E-state index contributed by atoms with van der Waals surface area (Å²) in [6, 6.07) is 27.6. The first-order valence-electron chi connectivity index (χ1n) is 8.14. The molecule has 3 aromatic carbocycles. The largest absolute Gasteiger partial charge is 0.289 e. The van der Waals surface area contributed by atoms with Gasteiger partial charge in [0.2, 0.25) is 0 Å². The second kappa shape index (κ2) is 7.56. The number of ketones is 1. The smallest absolute Gasteiger partial charge is 0.193 e. The molecule has 0 amide bonds. The van der Waals surface area contributed by atoms with Crippen molar-refractivity contribution in [3.05, 3.63) is 120 Å². The molecule has 1 nitrogen and oxygen atoms in total. The van der Waals surface area contributed by atoms with Crippen LogP contribution in [0.15, 0.2) is 97.6 Å². The van der Waals surface area contributed by atoms with E-state index < -0.39 is 0 Å². The maximum atomic E-state index is 12.8. The molecule has 0 bridgehead atoms. The first-order valence-corrected chi connectivity index (χ1v) is 8.14. The Morgan fingerprint density at radius 1 is 0.833 bits per heavy atom. The molecule has 3 aromatic rings. The van der Waals surface area contributed by atoms with E-state index in [1.807, 2.05) is 78.9 Å². The quantitative estimate of drug-likeness (QED) is 0.438. The van der Waals surface area contributed by atoms with Crippen LogP contribution in [0.2, 0.25) is 0 Å². The van der Waals surface area contributed by atoms with E-state index in [9.17, 15) is 4.79 Å². The van der Waals surface area contributed by atoms with Crippen molar-refractivity contribution in [2.75, 3.05) is 0 Å². The second-order valence-electron chi connectivity index (χ2n) is 5.81. The molecule has 118 valence electrons. The van der Waals surface area contributed by atoms with Crippen LogP contribution >= 0.6 is 0 Å². The maximum Gasteiger partial charge on any atom is 0.193 e. The van der Waals surface area contributed by atoms with Crippen molar-refractivity contribution in [3.63, 3.8) is 0 Å². The van der Waals surface area contributed by atoms with Gasteiger partial charge in [-0.15, -0.1) is 6.58 Å². The van der Waals surface area contributed by atoms with Crippen LogP contribution in [0.1, 0.15) is 33.0 Å². The van der Waals surface area contributed by atoms with E-state index in [-0.39, 0.29) is 11.7 Å². The summed E-state index contributed by atoms with van der Waals surface area (Å²) in [5, 5.41) is 0. The maximum absolute atomic E-state index is 12.8. The van der Waals surface area contributed by atoms with Gasteiger partial charge in [0.05, 0.1) is 0 Å². The van der Waals surface area contributed by atoms with Gasteiger partial charge in [0.15, 0.2) is 5.78 Å². The van der Waals surface area contributed by atoms with E-state index in [4.69, 9.17) is 0 Å². The summed E-state index contributed by atoms with van der Waals surface area (Å²) >= 11 is 0. The molecule has 0 aliphatic rings. The molecule has 0 aliphatic carbocycles. The first kappa shape index (κ1) is 15.9. The molecule has 0 saturated carbocycles. The highest BCUT2D eigenvalue weighted by atomic mass is 16.1. The average Bonchev–Trinajstić information content (AvgIpc) is 2.67. The van der Waals surface area contributed by atoms with Gasteiger partial charge in [-0.3, -0.25) is 4.79 Å². The zero-order valence-corrected chi connectivity index (χ0v) is 13.6. The van der Waals surface area contributed by atoms with Gasteiger partial charge in [0, 0.05) is 17.0 Å². The predicted octanol–water partition coefficient (Wildman–Crippen LogP) is 5.43. The summed E-state index contributed by atoms with van der Waals surface area (Å²) in [6.07, 6.45) is 2.72. The molecule has 1 heteroatoms. The Hall–Kier alpha value is -2.93. The van der Waals surface area contributed by atoms with Crippen LogP contribution in [0.25, 0.3) is 0 Å². The van der Waals surface area contributed by atoms with Crippen molar-refractivity contribution < 1.29 is 4.79 Å². The number of hydrogen-bond acceptors (Lipinski definition) is 1. The minimum Gasteiger partial charge on any atom is -0.289 e. The zero-order valence-electron chi connectivity index (χ0n) is 13.6. The van der Waals surface area contributed by atoms with Gasteiger partial charge in [0.25, 0.3) is 0 Å². The van der Waals surface area contributed by atoms with E-state index >= 15 is 0 Å². The van der Waals surface area contributed by atoms with Crippen molar-refractivity contribution in [1.29, 1.82) is 0 Å². The van der Waals surface area contributed by atoms with Gasteiger partial charge in [0.1, 0.15) is 0 Å². The van der Waals surface area contributed by atoms with E-state index in [1.54, 1.807) is 0 Å². The van der Waals surface area contributed by atoms with Crippen molar-refractivity contribution in [1.82, 2.24) is 0 Å². The average molecular weight is 312 g/mol. The Morgan fingerprint density at radius 2 is 1.42 bits per heavy atom. The molecule has 1 atom stereocenters. The first-order chi connectivity index (χ1) is 11.8. The minimum absolute atomic E-state index is 0.0714. The van der Waals surface area contributed by atoms with Crippen molar-refractivity contribution in [2.45, 2.75) is 12.3 Å². The molecule has 0 radical (unpaired) electrons. The van der Waals surface area contributed by atoms with Gasteiger partial charge in [-0.25, -0.2) is 0 Å². The van der Waals surface area contributed by atoms with Gasteiger partial charge in [-0.1, -0.05) is 91.0 Å². The topological polar surface area (TPSA) is 17.1 Å². The van der Waals surface area contributed by atoms with Gasteiger partial charge >= 0.3 is 0 Å². The summed E-state index contributed by atoms with van der Waals surface area (Å²) in [6.45, 7) is 3.98. The molecular formula is C23H20O. The number of allylic oxidation sites excluding steroid dienone is 1. The molecule has 1 unspecified atom stereocenters. The third kappa shape index (κ3) is 3.52. The third-order valence-corrected chi connectivity index (χ3v) is 4.25. The number of carbonyl (C=O) groups is 1. The lowest BCUT2D eigenvalue weighted by Crippen LogP contribution is -2.08. The highest BCUT2D eigenvalue weighted by Gasteiger charge is 2.16. The van der Waals surface area contributed by atoms with Crippen LogP contribution < -0.4 is 0 Å². The second-order valence-corrected chi connectivity index (χ2v) is 5.81. The van der Waals surface area contributed by atoms with Crippen molar-refractivity contribution >= 4 is 5.78 Å². The highest BCUT2D eigenvalue weighted by molar-refractivity contribution is 6.09. The summed E-state index contributed by atoms with van der Waals surface area (Å²) in [7, 11) is 0. The molecule has 24 heavy (non-hydrogen) atoms. The Balaban J connectivity index is 1.92. The fraction of sp³-hybridized carbons (Fsp3) is 0.0870. The fourth-order valence-electron chi connectivity index (χ4n) is 2.94. The third-order valence-electron chi connectivity index (χ3n) is 4.25. The fourth-order valence-corrected chi connectivity index (χ4v) is 2.94. The van der Waals surface area contributed by atoms with Crippen LogP contribution in [-0.4, -0.2) is 5.78 Å². The number of rotatable bonds is 6. The highest BCUT2D eigenvalue weighted by Crippen LogP contribution is 2.25. The lowest BCUT2D eigenvalue weighted by Gasteiger charge is -2.15. The molecule has 0 aliphatic heterocycles. The summed E-state index contributed by atoms with van der Waals surface area (Å²) in [5.74, 6) is 0.262. The van der Waals surface area contributed by atoms with Crippen molar-refractivity contribution in [2.24, 2.45) is 0 Å². The van der Waals surface area contributed by atoms with E-state index in [1.165, 1.54) is 5.56 Å².